The van der Waals surface area contributed by atoms with Crippen LogP contribution in [0, 0.1) is 17.0 Å². The van der Waals surface area contributed by atoms with E-state index in [0.29, 0.717) is 16.6 Å². The van der Waals surface area contributed by atoms with Gasteiger partial charge in [-0.15, -0.1) is 0 Å². The van der Waals surface area contributed by atoms with Gasteiger partial charge in [0.05, 0.1) is 37.3 Å². The van der Waals surface area contributed by atoms with Gasteiger partial charge in [-0.25, -0.2) is 29.6 Å². The first-order chi connectivity index (χ1) is 15.5. The Morgan fingerprint density at radius 2 is 2.09 bits per heavy atom. The molecule has 0 radical (unpaired) electrons. The molecule has 0 fully saturated rings. The molecule has 0 spiro atoms. The number of aliphatic hydroxyl groups is 1. The van der Waals surface area contributed by atoms with Gasteiger partial charge in [-0.05, 0) is 11.5 Å². The van der Waals surface area contributed by atoms with E-state index >= 15 is 0 Å². The lowest BCUT2D eigenvalue weighted by Crippen LogP contribution is -2.45. The van der Waals surface area contributed by atoms with Gasteiger partial charge in [0, 0.05) is 53.7 Å². The molecule has 0 aliphatic rings. The number of halogens is 3. The third-order valence-electron chi connectivity index (χ3n) is 4.90. The Balaban J connectivity index is 1.99. The monoisotopic (exact) mass is 590 g/mol. The van der Waals surface area contributed by atoms with Crippen LogP contribution in [0.5, 0.6) is 0 Å². The van der Waals surface area contributed by atoms with Gasteiger partial charge in [-0.3, -0.25) is 3.97 Å². The topological polar surface area (TPSA) is 131 Å². The molecule has 9 nitrogen and oxygen atoms in total. The molecule has 0 bridgehead atoms. The van der Waals surface area contributed by atoms with Crippen molar-refractivity contribution in [3.05, 3.63) is 48.2 Å². The maximum atomic E-state index is 14.7. The smallest absolute Gasteiger partial charge is 0.183 e. The second-order valence-electron chi connectivity index (χ2n) is 8.47. The number of rotatable bonds is 8. The van der Waals surface area contributed by atoms with Gasteiger partial charge < -0.3 is 21.2 Å². The van der Waals surface area contributed by atoms with Crippen LogP contribution in [0.2, 0.25) is 0 Å². The fraction of sp³-hybridized carbons (Fsp3) is 0.350. The summed E-state index contributed by atoms with van der Waals surface area (Å²) >= 11 is 2.09. The lowest BCUT2D eigenvalue weighted by molar-refractivity contribution is 0.257. The van der Waals surface area contributed by atoms with E-state index in [4.69, 9.17) is 16.7 Å². The van der Waals surface area contributed by atoms with E-state index in [-0.39, 0.29) is 41.9 Å². The number of anilines is 1. The van der Waals surface area contributed by atoms with Crippen LogP contribution in [0.3, 0.4) is 0 Å². The van der Waals surface area contributed by atoms with Crippen LogP contribution in [0.25, 0.3) is 22.4 Å². The zero-order chi connectivity index (χ0) is 24.3. The van der Waals surface area contributed by atoms with Gasteiger partial charge in [0.2, 0.25) is 0 Å². The maximum absolute atomic E-state index is 14.7. The SMILES string of the molecule is CC(C)(C)C(CN(N)/C=C(\N)CO)Nc1nc(-c2cn(SI)c3ncc(F)cc23)ncc1F. The molecule has 3 rings (SSSR count). The summed E-state index contributed by atoms with van der Waals surface area (Å²) < 4.78 is 30.4. The van der Waals surface area contributed by atoms with E-state index < -0.39 is 11.6 Å². The van der Waals surface area contributed by atoms with E-state index in [1.165, 1.54) is 26.4 Å². The fourth-order valence-corrected chi connectivity index (χ4v) is 4.36. The van der Waals surface area contributed by atoms with Crippen LogP contribution in [0.1, 0.15) is 20.8 Å². The zero-order valence-corrected chi connectivity index (χ0v) is 21.2. The van der Waals surface area contributed by atoms with Crippen LogP contribution < -0.4 is 16.9 Å². The zero-order valence-electron chi connectivity index (χ0n) is 18.3. The second kappa shape index (κ2) is 10.4. The average Bonchev–Trinajstić information content (AvgIpc) is 3.11. The van der Waals surface area contributed by atoms with Gasteiger partial charge in [0.15, 0.2) is 23.1 Å². The molecule has 0 aliphatic heterocycles. The number of hydrogen-bond donors (Lipinski definition) is 4. The van der Waals surface area contributed by atoms with Crippen molar-refractivity contribution in [1.29, 1.82) is 0 Å². The van der Waals surface area contributed by atoms with Crippen LogP contribution in [-0.4, -0.2) is 48.2 Å². The van der Waals surface area contributed by atoms with E-state index in [2.05, 4.69) is 41.5 Å². The second-order valence-corrected chi connectivity index (χ2v) is 10.2. The number of fused-ring (bicyclic) bond motifs is 1. The van der Waals surface area contributed by atoms with Crippen LogP contribution in [0.15, 0.2) is 36.6 Å². The largest absolute Gasteiger partial charge is 0.399 e. The van der Waals surface area contributed by atoms with E-state index in [1.54, 1.807) is 10.2 Å². The first kappa shape index (κ1) is 25.4. The molecule has 0 amide bonds. The molecule has 0 saturated heterocycles. The van der Waals surface area contributed by atoms with Crippen molar-refractivity contribution in [2.24, 2.45) is 17.0 Å². The molecular weight excluding hydrogens is 565 g/mol. The summed E-state index contributed by atoms with van der Waals surface area (Å²) in [4.78, 5) is 12.7. The molecule has 33 heavy (non-hydrogen) atoms. The quantitative estimate of drug-likeness (QED) is 0.177. The highest BCUT2D eigenvalue weighted by atomic mass is 127. The minimum absolute atomic E-state index is 0.0141. The molecule has 0 aliphatic carbocycles. The van der Waals surface area contributed by atoms with Gasteiger partial charge in [0.25, 0.3) is 0 Å². The maximum Gasteiger partial charge on any atom is 0.183 e. The Morgan fingerprint density at radius 1 is 1.36 bits per heavy atom. The van der Waals surface area contributed by atoms with E-state index in [1.807, 2.05) is 20.8 Å². The molecule has 178 valence electrons. The first-order valence-electron chi connectivity index (χ1n) is 9.87. The first-order valence-corrected chi connectivity index (χ1v) is 13.2. The number of aliphatic hydroxyl groups excluding tert-OH is 1. The highest BCUT2D eigenvalue weighted by Gasteiger charge is 2.28. The van der Waals surface area contributed by atoms with Crippen molar-refractivity contribution in [2.45, 2.75) is 26.8 Å². The molecule has 3 heterocycles. The fourth-order valence-electron chi connectivity index (χ4n) is 3.10. The third-order valence-corrected chi connectivity index (χ3v) is 6.60. The summed E-state index contributed by atoms with van der Waals surface area (Å²) in [6.45, 7) is 5.83. The Morgan fingerprint density at radius 3 is 2.73 bits per heavy atom. The third kappa shape index (κ3) is 6.02. The Labute approximate surface area is 206 Å². The number of pyridine rings is 1. The van der Waals surface area contributed by atoms with Crippen molar-refractivity contribution in [2.75, 3.05) is 18.5 Å². The van der Waals surface area contributed by atoms with Crippen molar-refractivity contribution in [3.8, 4) is 11.4 Å². The summed E-state index contributed by atoms with van der Waals surface area (Å²) in [7, 11) is 1.36. The van der Waals surface area contributed by atoms with Crippen molar-refractivity contribution in [3.63, 3.8) is 0 Å². The molecular formula is C20H25F2IN8OS. The van der Waals surface area contributed by atoms with E-state index in [9.17, 15) is 8.78 Å². The number of hydrazine groups is 1. The van der Waals surface area contributed by atoms with Gasteiger partial charge >= 0.3 is 0 Å². The summed E-state index contributed by atoms with van der Waals surface area (Å²) in [5, 5.41) is 14.1. The average molecular weight is 590 g/mol. The number of nitrogens with one attached hydrogen (secondary N) is 1. The lowest BCUT2D eigenvalue weighted by atomic mass is 9.86. The number of hydrogen-bond acceptors (Lipinski definition) is 9. The van der Waals surface area contributed by atoms with Crippen molar-refractivity contribution >= 4 is 47.2 Å². The van der Waals surface area contributed by atoms with Crippen LogP contribution in [-0.2, 0) is 0 Å². The summed E-state index contributed by atoms with van der Waals surface area (Å²) in [5.74, 6) is 5.08. The number of nitrogens with zero attached hydrogens (tertiary/aromatic N) is 5. The molecule has 3 aromatic rings. The molecule has 3 aromatic heterocycles. The molecule has 0 saturated carbocycles. The standard InChI is InChI=1S/C20H25F2IN8OS/c1-20(2,3)16(9-30(25)7-12(24)10-32)28-18-15(22)6-26-17(29-18)14-8-31(33-23)19-13(14)4-11(21)5-27-19/h4-8,16,32H,9-10,24-25H2,1-3H3,(H,26,28,29)/b12-7-. The highest BCUT2D eigenvalue weighted by Crippen LogP contribution is 2.33. The van der Waals surface area contributed by atoms with Gasteiger partial charge in [-0.2, -0.15) is 0 Å². The lowest BCUT2D eigenvalue weighted by Gasteiger charge is -2.34. The Bertz CT molecular complexity index is 1170. The Hall–Kier alpha value is -2.23. The van der Waals surface area contributed by atoms with E-state index in [0.717, 1.165) is 12.4 Å². The van der Waals surface area contributed by atoms with Crippen molar-refractivity contribution in [1.82, 2.24) is 23.9 Å². The molecule has 1 atom stereocenters. The summed E-state index contributed by atoms with van der Waals surface area (Å²) in [6.07, 6.45) is 5.36. The minimum Gasteiger partial charge on any atom is -0.399 e. The normalized spacial score (nSPS) is 13.4. The number of nitrogens with two attached hydrogens (primary N) is 2. The molecule has 6 N–H and O–H groups in total. The molecule has 13 heteroatoms. The van der Waals surface area contributed by atoms with Gasteiger partial charge in [-0.1, -0.05) is 20.8 Å². The van der Waals surface area contributed by atoms with Crippen LogP contribution >= 0.6 is 30.3 Å². The van der Waals surface area contributed by atoms with Gasteiger partial charge in [0.1, 0.15) is 5.82 Å². The summed E-state index contributed by atoms with van der Waals surface area (Å²) in [6, 6.07) is 0.996. The molecule has 1 unspecified atom stereocenters. The minimum atomic E-state index is -0.640. The predicted molar refractivity (Wildman–Crippen MR) is 135 cm³/mol. The Kier molecular flexibility index (Phi) is 7.97. The summed E-state index contributed by atoms with van der Waals surface area (Å²) in [5.41, 5.74) is 6.56. The van der Waals surface area contributed by atoms with Crippen molar-refractivity contribution < 1.29 is 13.9 Å². The predicted octanol–water partition coefficient (Wildman–Crippen LogP) is 3.41. The molecule has 0 aromatic carbocycles. The number of aromatic nitrogens is 4. The van der Waals surface area contributed by atoms with Crippen LogP contribution in [0.4, 0.5) is 14.6 Å². The highest BCUT2D eigenvalue weighted by molar-refractivity contribution is 14.2.